The Morgan fingerprint density at radius 3 is 2.93 bits per heavy atom. The minimum atomic E-state index is -0.598. The molecule has 0 aliphatic carbocycles. The van der Waals surface area contributed by atoms with Gasteiger partial charge >= 0.3 is 0 Å². The standard InChI is InChI=1S/C10H6FN3O/c1-5-6(11)2-3-7-9(5)14-10(15)8(4-12)13-7/h2-3H,1H3,(H,14,15). The van der Waals surface area contributed by atoms with Crippen LogP contribution in [0.5, 0.6) is 0 Å². The molecule has 0 aliphatic heterocycles. The molecule has 0 amide bonds. The molecule has 4 nitrogen and oxygen atoms in total. The summed E-state index contributed by atoms with van der Waals surface area (Å²) in [6.07, 6.45) is 0. The van der Waals surface area contributed by atoms with Gasteiger partial charge in [-0.25, -0.2) is 9.37 Å². The van der Waals surface area contributed by atoms with Gasteiger partial charge in [0.2, 0.25) is 5.69 Å². The van der Waals surface area contributed by atoms with E-state index in [-0.39, 0.29) is 5.69 Å². The number of nitrogens with one attached hydrogen (secondary N) is 1. The molecule has 0 unspecified atom stereocenters. The van der Waals surface area contributed by atoms with E-state index in [1.54, 1.807) is 13.0 Å². The Morgan fingerprint density at radius 2 is 2.27 bits per heavy atom. The lowest BCUT2D eigenvalue weighted by molar-refractivity contribution is 0.620. The van der Waals surface area contributed by atoms with Gasteiger partial charge in [-0.2, -0.15) is 5.26 Å². The number of benzene rings is 1. The van der Waals surface area contributed by atoms with E-state index in [4.69, 9.17) is 5.26 Å². The number of H-pyrrole nitrogens is 1. The minimum Gasteiger partial charge on any atom is -0.318 e. The highest BCUT2D eigenvalue weighted by atomic mass is 19.1. The molecule has 0 aliphatic rings. The molecular formula is C10H6FN3O. The van der Waals surface area contributed by atoms with E-state index in [2.05, 4.69) is 9.97 Å². The number of aromatic amines is 1. The number of fused-ring (bicyclic) bond motifs is 1. The van der Waals surface area contributed by atoms with E-state index in [0.29, 0.717) is 16.6 Å². The molecular weight excluding hydrogens is 197 g/mol. The summed E-state index contributed by atoms with van der Waals surface area (Å²) in [6, 6.07) is 4.35. The number of rotatable bonds is 0. The van der Waals surface area contributed by atoms with Crippen LogP contribution in [0.1, 0.15) is 11.3 Å². The predicted molar refractivity (Wildman–Crippen MR) is 51.8 cm³/mol. The van der Waals surface area contributed by atoms with Crippen molar-refractivity contribution in [2.24, 2.45) is 0 Å². The molecule has 0 spiro atoms. The van der Waals surface area contributed by atoms with Crippen molar-refractivity contribution in [3.63, 3.8) is 0 Å². The second-order valence-corrected chi connectivity index (χ2v) is 3.09. The van der Waals surface area contributed by atoms with Crippen LogP contribution < -0.4 is 5.56 Å². The molecule has 0 saturated heterocycles. The van der Waals surface area contributed by atoms with Gasteiger partial charge in [-0.05, 0) is 19.1 Å². The van der Waals surface area contributed by atoms with E-state index < -0.39 is 11.4 Å². The maximum Gasteiger partial charge on any atom is 0.285 e. The molecule has 1 aromatic heterocycles. The lowest BCUT2D eigenvalue weighted by atomic mass is 10.2. The number of hydrogen-bond acceptors (Lipinski definition) is 3. The van der Waals surface area contributed by atoms with Gasteiger partial charge in [0.05, 0.1) is 11.0 Å². The summed E-state index contributed by atoms with van der Waals surface area (Å²) in [5.74, 6) is -0.412. The summed E-state index contributed by atoms with van der Waals surface area (Å²) in [5.41, 5.74) is 0.248. The summed E-state index contributed by atoms with van der Waals surface area (Å²) in [6.45, 7) is 1.54. The molecule has 2 rings (SSSR count). The molecule has 1 heterocycles. The first-order chi connectivity index (χ1) is 7.13. The van der Waals surface area contributed by atoms with Crippen LogP contribution >= 0.6 is 0 Å². The summed E-state index contributed by atoms with van der Waals surface area (Å²) in [7, 11) is 0. The van der Waals surface area contributed by atoms with Gasteiger partial charge in [0.25, 0.3) is 5.56 Å². The van der Waals surface area contributed by atoms with Gasteiger partial charge in [0.1, 0.15) is 11.9 Å². The Labute approximate surface area is 84.0 Å². The number of aromatic nitrogens is 2. The third-order valence-electron chi connectivity index (χ3n) is 2.17. The van der Waals surface area contributed by atoms with Crippen molar-refractivity contribution in [3.05, 3.63) is 39.6 Å². The number of hydrogen-bond donors (Lipinski definition) is 1. The number of nitriles is 1. The lowest BCUT2D eigenvalue weighted by Gasteiger charge is -2.01. The number of halogens is 1. The van der Waals surface area contributed by atoms with Crippen LogP contribution in [0.4, 0.5) is 4.39 Å². The molecule has 5 heteroatoms. The van der Waals surface area contributed by atoms with E-state index in [1.807, 2.05) is 0 Å². The van der Waals surface area contributed by atoms with Crippen LogP contribution in [0.2, 0.25) is 0 Å². The monoisotopic (exact) mass is 203 g/mol. The van der Waals surface area contributed by atoms with Gasteiger partial charge in [-0.1, -0.05) is 0 Å². The quantitative estimate of drug-likeness (QED) is 0.700. The van der Waals surface area contributed by atoms with Crippen molar-refractivity contribution in [2.45, 2.75) is 6.92 Å². The maximum atomic E-state index is 13.1. The zero-order valence-electron chi connectivity index (χ0n) is 7.84. The summed E-state index contributed by atoms with van der Waals surface area (Å²) in [4.78, 5) is 17.5. The van der Waals surface area contributed by atoms with Crippen molar-refractivity contribution in [3.8, 4) is 6.07 Å². The fraction of sp³-hybridized carbons (Fsp3) is 0.100. The Bertz CT molecular complexity index is 639. The van der Waals surface area contributed by atoms with Gasteiger partial charge < -0.3 is 4.98 Å². The van der Waals surface area contributed by atoms with Gasteiger partial charge in [-0.15, -0.1) is 0 Å². The molecule has 1 N–H and O–H groups in total. The average Bonchev–Trinajstić information content (AvgIpc) is 2.24. The Kier molecular flexibility index (Phi) is 1.97. The fourth-order valence-electron chi connectivity index (χ4n) is 1.34. The zero-order valence-corrected chi connectivity index (χ0v) is 7.84. The van der Waals surface area contributed by atoms with E-state index >= 15 is 0 Å². The second-order valence-electron chi connectivity index (χ2n) is 3.09. The topological polar surface area (TPSA) is 69.5 Å². The minimum absolute atomic E-state index is 0.214. The van der Waals surface area contributed by atoms with Crippen molar-refractivity contribution < 1.29 is 4.39 Å². The summed E-state index contributed by atoms with van der Waals surface area (Å²) in [5, 5.41) is 8.60. The smallest absolute Gasteiger partial charge is 0.285 e. The molecule has 0 atom stereocenters. The van der Waals surface area contributed by atoms with Crippen LogP contribution in [0.15, 0.2) is 16.9 Å². The third kappa shape index (κ3) is 1.36. The molecule has 2 aromatic rings. The van der Waals surface area contributed by atoms with E-state index in [0.717, 1.165) is 0 Å². The van der Waals surface area contributed by atoms with Gasteiger partial charge in [0, 0.05) is 5.56 Å². The van der Waals surface area contributed by atoms with Crippen LogP contribution in [0, 0.1) is 24.1 Å². The van der Waals surface area contributed by atoms with Crippen LogP contribution in [-0.4, -0.2) is 9.97 Å². The largest absolute Gasteiger partial charge is 0.318 e. The molecule has 0 bridgehead atoms. The van der Waals surface area contributed by atoms with E-state index in [1.165, 1.54) is 12.1 Å². The maximum absolute atomic E-state index is 13.1. The van der Waals surface area contributed by atoms with Gasteiger partial charge in [0.15, 0.2) is 0 Å². The van der Waals surface area contributed by atoms with Crippen LogP contribution in [0.3, 0.4) is 0 Å². The van der Waals surface area contributed by atoms with Crippen LogP contribution in [0.25, 0.3) is 11.0 Å². The highest BCUT2D eigenvalue weighted by Crippen LogP contribution is 2.15. The number of nitrogens with zero attached hydrogens (tertiary/aromatic N) is 2. The van der Waals surface area contributed by atoms with Crippen molar-refractivity contribution in [1.82, 2.24) is 9.97 Å². The summed E-state index contributed by atoms with van der Waals surface area (Å²) < 4.78 is 13.1. The Balaban J connectivity index is 2.95. The van der Waals surface area contributed by atoms with E-state index in [9.17, 15) is 9.18 Å². The first kappa shape index (κ1) is 9.34. The fourth-order valence-corrected chi connectivity index (χ4v) is 1.34. The molecule has 15 heavy (non-hydrogen) atoms. The first-order valence-corrected chi connectivity index (χ1v) is 4.22. The SMILES string of the molecule is Cc1c(F)ccc2nc(C#N)c(=O)[nH]c12. The van der Waals surface area contributed by atoms with Crippen molar-refractivity contribution in [2.75, 3.05) is 0 Å². The molecule has 74 valence electrons. The Morgan fingerprint density at radius 1 is 1.53 bits per heavy atom. The first-order valence-electron chi connectivity index (χ1n) is 4.22. The highest BCUT2D eigenvalue weighted by molar-refractivity contribution is 5.78. The summed E-state index contributed by atoms with van der Waals surface area (Å²) >= 11 is 0. The average molecular weight is 203 g/mol. The second kappa shape index (κ2) is 3.17. The molecule has 0 radical (unpaired) electrons. The normalized spacial score (nSPS) is 10.2. The Hall–Kier alpha value is -2.22. The van der Waals surface area contributed by atoms with Crippen molar-refractivity contribution in [1.29, 1.82) is 5.26 Å². The predicted octanol–water partition coefficient (Wildman–Crippen LogP) is 1.24. The zero-order chi connectivity index (χ0) is 11.0. The highest BCUT2D eigenvalue weighted by Gasteiger charge is 2.08. The van der Waals surface area contributed by atoms with Gasteiger partial charge in [-0.3, -0.25) is 4.79 Å². The molecule has 1 aromatic carbocycles. The van der Waals surface area contributed by atoms with Crippen molar-refractivity contribution >= 4 is 11.0 Å². The molecule has 0 fully saturated rings. The third-order valence-corrected chi connectivity index (χ3v) is 2.17. The van der Waals surface area contributed by atoms with Crippen LogP contribution in [-0.2, 0) is 0 Å². The lowest BCUT2D eigenvalue weighted by Crippen LogP contribution is -2.13. The molecule has 0 saturated carbocycles. The number of aryl methyl sites for hydroxylation is 1.